The zero-order chi connectivity index (χ0) is 46.9. The highest BCUT2D eigenvalue weighted by Crippen LogP contribution is 2.74. The van der Waals surface area contributed by atoms with Crippen LogP contribution in [-0.4, -0.2) is 46.6 Å². The van der Waals surface area contributed by atoms with Crippen molar-refractivity contribution in [1.29, 1.82) is 0 Å². The molecule has 0 fully saturated rings. The highest BCUT2D eigenvalue weighted by Gasteiger charge is 2.53. The van der Waals surface area contributed by atoms with Crippen molar-refractivity contribution in [3.05, 3.63) is 39.3 Å². The number of carbonyl (C=O) groups is 1. The zero-order valence-corrected chi connectivity index (χ0v) is 50.0. The Bertz CT molecular complexity index is 2290. The minimum absolute atomic E-state index is 0.0436. The zero-order valence-electron chi connectivity index (χ0n) is 40.2. The number of nitrogens with one attached hydrogen (secondary N) is 2. The van der Waals surface area contributed by atoms with Crippen LogP contribution in [0.15, 0.2) is 58.7 Å². The molecule has 0 saturated heterocycles. The van der Waals surface area contributed by atoms with E-state index in [2.05, 4.69) is 135 Å². The molecule has 6 heterocycles. The number of fused-ring (bicyclic) bond motifs is 6. The summed E-state index contributed by atoms with van der Waals surface area (Å²) in [5, 5.41) is 19.1. The van der Waals surface area contributed by atoms with Gasteiger partial charge in [0.15, 0.2) is 0 Å². The Morgan fingerprint density at radius 3 is 0.766 bits per heavy atom. The van der Waals surface area contributed by atoms with E-state index >= 15 is 0 Å². The summed E-state index contributed by atoms with van der Waals surface area (Å²) in [6.45, 7) is 43.6. The third kappa shape index (κ3) is 9.43. The van der Waals surface area contributed by atoms with Crippen molar-refractivity contribution in [1.82, 2.24) is 10.6 Å². The summed E-state index contributed by atoms with van der Waals surface area (Å²) in [6.07, 6.45) is 0. The number of aromatic carboxylic acids is 1. The molecule has 0 amide bonds. The highest BCUT2D eigenvalue weighted by molar-refractivity contribution is 8.23. The molecule has 6 aliphatic heterocycles. The van der Waals surface area contributed by atoms with Crippen LogP contribution in [0.25, 0.3) is 0 Å². The van der Waals surface area contributed by atoms with E-state index in [1.165, 1.54) is 72.9 Å². The van der Waals surface area contributed by atoms with Gasteiger partial charge in [-0.15, -0.1) is 141 Å². The maximum absolute atomic E-state index is 13.7. The van der Waals surface area contributed by atoms with Gasteiger partial charge in [0.1, 0.15) is 0 Å². The van der Waals surface area contributed by atoms with Crippen molar-refractivity contribution in [2.75, 3.05) is 0 Å². The van der Waals surface area contributed by atoms with Crippen LogP contribution in [0.1, 0.15) is 163 Å². The third-order valence-electron chi connectivity index (χ3n) is 10.9. The first kappa shape index (κ1) is 50.2. The minimum atomic E-state index is -0.822. The number of hydrogen-bond acceptors (Lipinski definition) is 15. The molecule has 1 radical (unpaired) electrons. The summed E-state index contributed by atoms with van der Waals surface area (Å²) in [5.41, 5.74) is 7.25. The Hall–Kier alpha value is 1.25. The summed E-state index contributed by atoms with van der Waals surface area (Å²) in [6, 6.07) is 0. The minimum Gasteiger partial charge on any atom is -0.478 e. The van der Waals surface area contributed by atoms with Gasteiger partial charge in [0, 0.05) is 82.9 Å². The predicted octanol–water partition coefficient (Wildman–Crippen LogP) is 17.8. The molecule has 3 N–H and O–H groups in total. The van der Waals surface area contributed by atoms with Crippen LogP contribution >= 0.6 is 141 Å². The van der Waals surface area contributed by atoms with Crippen LogP contribution in [0.2, 0.25) is 0 Å². The molecule has 9 rings (SSSR count). The average Bonchev–Trinajstić information content (AvgIpc) is 3.91. The van der Waals surface area contributed by atoms with Crippen LogP contribution in [0, 0.1) is 5.92 Å². The lowest BCUT2D eigenvalue weighted by Crippen LogP contribution is -2.35. The fraction of sp³-hybridized carbons (Fsp3) is 0.583. The monoisotopic (exact) mass is 1080 g/mol. The standard InChI is InChI=1S/C48H61N2O2S12/c1-41(2,3)49-19-21-28-32(57-43(7,8)53-28)24(33-29(21)54-44(9,10)58-33)23(26-36-38(63-47(15,16)61-36)27(40(51)52)39-37(26)62-48(17,18)64-39)25-34-30(55-45(11,12)59-34)22(20-50-42(4,5)6)31-35(25)60-46(13,14)56-31/h49-50H,19-20H2,1-18H3,(H,51,52). The Kier molecular flexibility index (Phi) is 12.9. The van der Waals surface area contributed by atoms with Crippen LogP contribution in [-0.2, 0) is 13.1 Å². The Labute approximate surface area is 434 Å². The molecule has 347 valence electrons. The SMILES string of the molecule is CC(C)(C)NCc1c2c(c([C](c3c4c(c(CNC(C)(C)C)c5c3SC(C)(C)S5)SC(C)(C)S4)c3c4c(c(C(=O)O)c5c3SC(C)(C)S5)SC(C)(C)S4)c3c1SC(C)(C)S3)SC(C)(C)S2. The second kappa shape index (κ2) is 16.4. The van der Waals surface area contributed by atoms with E-state index in [1.54, 1.807) is 23.5 Å². The molecule has 3 aromatic carbocycles. The molecule has 0 unspecified atom stereocenters. The fourth-order valence-electron chi connectivity index (χ4n) is 8.64. The van der Waals surface area contributed by atoms with E-state index in [0.717, 1.165) is 32.7 Å². The van der Waals surface area contributed by atoms with E-state index in [1.807, 2.05) is 118 Å². The normalized spacial score (nSPS) is 22.4. The van der Waals surface area contributed by atoms with Gasteiger partial charge in [-0.2, -0.15) is 0 Å². The molecule has 0 bridgehead atoms. The number of benzene rings is 3. The highest BCUT2D eigenvalue weighted by atomic mass is 32.2. The lowest BCUT2D eigenvalue weighted by atomic mass is 9.83. The first-order chi connectivity index (χ1) is 29.2. The van der Waals surface area contributed by atoms with Gasteiger partial charge in [-0.25, -0.2) is 4.79 Å². The van der Waals surface area contributed by atoms with E-state index in [-0.39, 0.29) is 35.6 Å². The summed E-state index contributed by atoms with van der Waals surface area (Å²) in [5.74, 6) is 0.497. The van der Waals surface area contributed by atoms with E-state index < -0.39 is 5.97 Å². The molecule has 6 aliphatic rings. The van der Waals surface area contributed by atoms with Gasteiger partial charge >= 0.3 is 5.97 Å². The summed E-state index contributed by atoms with van der Waals surface area (Å²) >= 11 is 23.6. The van der Waals surface area contributed by atoms with Crippen LogP contribution in [0.4, 0.5) is 0 Å². The smallest absolute Gasteiger partial charge is 0.338 e. The van der Waals surface area contributed by atoms with E-state index in [0.29, 0.717) is 5.56 Å². The summed E-state index contributed by atoms with van der Waals surface area (Å²) in [7, 11) is 0. The molecule has 0 aliphatic carbocycles. The first-order valence-electron chi connectivity index (χ1n) is 21.7. The third-order valence-corrected chi connectivity index (χ3v) is 28.1. The molecular formula is C48H61N2O2S12. The fourth-order valence-corrected chi connectivity index (χ4v) is 26.5. The van der Waals surface area contributed by atoms with Crippen molar-refractivity contribution in [2.24, 2.45) is 0 Å². The molecule has 0 atom stereocenters. The van der Waals surface area contributed by atoms with Crippen molar-refractivity contribution >= 4 is 147 Å². The maximum atomic E-state index is 13.7. The van der Waals surface area contributed by atoms with Gasteiger partial charge in [-0.05, 0) is 152 Å². The molecule has 3 aromatic rings. The average molecular weight is 1080 g/mol. The molecule has 0 aromatic heterocycles. The molecular weight excluding hydrogens is 1020 g/mol. The van der Waals surface area contributed by atoms with Crippen molar-refractivity contribution in [2.45, 2.75) is 232 Å². The summed E-state index contributed by atoms with van der Waals surface area (Å²) in [4.78, 5) is 29.1. The number of thioether (sulfide) groups is 12. The van der Waals surface area contributed by atoms with Crippen molar-refractivity contribution < 1.29 is 9.90 Å². The van der Waals surface area contributed by atoms with E-state index in [4.69, 9.17) is 0 Å². The maximum Gasteiger partial charge on any atom is 0.338 e. The van der Waals surface area contributed by atoms with Gasteiger partial charge in [-0.3, -0.25) is 0 Å². The van der Waals surface area contributed by atoms with Gasteiger partial charge in [0.05, 0.1) is 36.0 Å². The lowest BCUT2D eigenvalue weighted by Gasteiger charge is -2.32. The second-order valence-corrected chi connectivity index (χ2v) is 43.1. The second-order valence-electron chi connectivity index (χ2n) is 21.9. The van der Waals surface area contributed by atoms with Gasteiger partial charge in [0.2, 0.25) is 0 Å². The van der Waals surface area contributed by atoms with Gasteiger partial charge in [-0.1, -0.05) is 0 Å². The quantitative estimate of drug-likeness (QED) is 0.188. The molecule has 16 heteroatoms. The largest absolute Gasteiger partial charge is 0.478 e. The Morgan fingerprint density at radius 2 is 0.562 bits per heavy atom. The first-order valence-corrected chi connectivity index (χ1v) is 31.5. The molecule has 64 heavy (non-hydrogen) atoms. The number of rotatable bonds is 8. The number of carboxylic acid groups (broad SMARTS) is 1. The van der Waals surface area contributed by atoms with Crippen LogP contribution in [0.5, 0.6) is 0 Å². The summed E-state index contributed by atoms with van der Waals surface area (Å²) < 4.78 is -0.825. The number of hydrogen-bond donors (Lipinski definition) is 3. The number of carboxylic acids is 1. The van der Waals surface area contributed by atoms with Gasteiger partial charge < -0.3 is 15.7 Å². The van der Waals surface area contributed by atoms with Crippen molar-refractivity contribution in [3.8, 4) is 0 Å². The predicted molar refractivity (Wildman–Crippen MR) is 295 cm³/mol. The van der Waals surface area contributed by atoms with Crippen LogP contribution in [0.3, 0.4) is 0 Å². The van der Waals surface area contributed by atoms with Crippen molar-refractivity contribution in [3.63, 3.8) is 0 Å². The topological polar surface area (TPSA) is 61.4 Å². The van der Waals surface area contributed by atoms with Crippen LogP contribution < -0.4 is 10.6 Å². The molecule has 0 spiro atoms. The molecule has 0 saturated carbocycles. The Balaban J connectivity index is 1.48. The molecule has 4 nitrogen and oxygen atoms in total. The van der Waals surface area contributed by atoms with Gasteiger partial charge in [0.25, 0.3) is 0 Å². The van der Waals surface area contributed by atoms with E-state index in [9.17, 15) is 9.90 Å². The Morgan fingerprint density at radius 1 is 0.375 bits per heavy atom. The lowest BCUT2D eigenvalue weighted by molar-refractivity contribution is 0.0688.